The molecule has 2 unspecified atom stereocenters. The molecule has 2 aromatic rings. The van der Waals surface area contributed by atoms with Gasteiger partial charge < -0.3 is 9.47 Å². The van der Waals surface area contributed by atoms with Gasteiger partial charge in [-0.25, -0.2) is 0 Å². The third kappa shape index (κ3) is 5.31. The number of rotatable bonds is 7. The quantitative estimate of drug-likeness (QED) is 0.564. The molecule has 1 aliphatic heterocycles. The third-order valence-corrected chi connectivity index (χ3v) is 4.87. The molecule has 0 bridgehead atoms. The number of Topliss-reactive ketones (excluding diaryl/α,β-unsaturated/α-hetero) is 1. The predicted octanol–water partition coefficient (Wildman–Crippen LogP) is 2.91. The zero-order valence-electron chi connectivity index (χ0n) is 14.8. The fourth-order valence-corrected chi connectivity index (χ4v) is 3.42. The van der Waals surface area contributed by atoms with Gasteiger partial charge in [0.2, 0.25) is 11.7 Å². The summed E-state index contributed by atoms with van der Waals surface area (Å²) in [5.41, 5.74) is 1.39. The number of imide groups is 1. The van der Waals surface area contributed by atoms with Gasteiger partial charge in [0, 0.05) is 0 Å². The van der Waals surface area contributed by atoms with Crippen LogP contribution in [0.2, 0.25) is 0 Å². The molecular weight excluding hydrogens is 385 g/mol. The van der Waals surface area contributed by atoms with E-state index in [2.05, 4.69) is 5.32 Å². The molecule has 2 aromatic carbocycles. The van der Waals surface area contributed by atoms with E-state index in [1.165, 1.54) is 7.11 Å². The molecule has 2 atom stereocenters. The smallest absolute Gasteiger partial charge is 0.286 e. The van der Waals surface area contributed by atoms with Crippen molar-refractivity contribution < 1.29 is 23.9 Å². The first-order chi connectivity index (χ1) is 12.6. The molecule has 8 heteroatoms. The minimum atomic E-state index is -0.401. The SMILES string of the molecule is COc1ccccc1C(=O)COc1ccc(CC2SC(=O)NC2=O)cc1.P. The molecule has 0 spiro atoms. The zero-order chi connectivity index (χ0) is 18.5. The maximum absolute atomic E-state index is 12.3. The summed E-state index contributed by atoms with van der Waals surface area (Å²) in [6, 6.07) is 14.1. The van der Waals surface area contributed by atoms with Gasteiger partial charge in [-0.3, -0.25) is 19.7 Å². The van der Waals surface area contributed by atoms with Crippen molar-refractivity contribution in [2.45, 2.75) is 11.7 Å². The van der Waals surface area contributed by atoms with Crippen LogP contribution in [0.1, 0.15) is 15.9 Å². The summed E-state index contributed by atoms with van der Waals surface area (Å²) in [6.45, 7) is -0.102. The number of carbonyl (C=O) groups is 3. The van der Waals surface area contributed by atoms with Gasteiger partial charge in [-0.2, -0.15) is 9.90 Å². The number of hydrogen-bond donors (Lipinski definition) is 1. The van der Waals surface area contributed by atoms with Crippen LogP contribution < -0.4 is 14.8 Å². The molecule has 27 heavy (non-hydrogen) atoms. The van der Waals surface area contributed by atoms with Crippen LogP contribution in [0.15, 0.2) is 48.5 Å². The lowest BCUT2D eigenvalue weighted by Gasteiger charge is -2.10. The van der Waals surface area contributed by atoms with Crippen molar-refractivity contribution in [2.75, 3.05) is 13.7 Å². The highest BCUT2D eigenvalue weighted by Gasteiger charge is 2.31. The molecule has 0 radical (unpaired) electrons. The maximum atomic E-state index is 12.3. The van der Waals surface area contributed by atoms with Gasteiger partial charge in [0.25, 0.3) is 5.24 Å². The molecular formula is C19H20NO5PS. The Hall–Kier alpha value is -2.37. The molecule has 1 N–H and O–H groups in total. The van der Waals surface area contributed by atoms with E-state index < -0.39 is 5.25 Å². The molecule has 2 amide bonds. The standard InChI is InChI=1S/C19H17NO5S.H3P/c1-24-16-5-3-2-4-14(16)15(21)11-25-13-8-6-12(7-9-13)10-17-18(22)20-19(23)26-17;/h2-9,17H,10-11H2,1H3,(H,20,22,23);1H3. The molecule has 1 heterocycles. The van der Waals surface area contributed by atoms with E-state index in [9.17, 15) is 14.4 Å². The predicted molar refractivity (Wildman–Crippen MR) is 109 cm³/mol. The van der Waals surface area contributed by atoms with E-state index >= 15 is 0 Å². The monoisotopic (exact) mass is 405 g/mol. The van der Waals surface area contributed by atoms with E-state index in [1.807, 2.05) is 12.1 Å². The van der Waals surface area contributed by atoms with Crippen molar-refractivity contribution >= 4 is 38.6 Å². The highest BCUT2D eigenvalue weighted by molar-refractivity contribution is 8.15. The fourth-order valence-electron chi connectivity index (χ4n) is 2.57. The topological polar surface area (TPSA) is 81.7 Å². The summed E-state index contributed by atoms with van der Waals surface area (Å²) >= 11 is 1.00. The van der Waals surface area contributed by atoms with Crippen molar-refractivity contribution in [3.8, 4) is 11.5 Å². The Bertz CT molecular complexity index is 840. The average molecular weight is 405 g/mol. The maximum Gasteiger partial charge on any atom is 0.286 e. The highest BCUT2D eigenvalue weighted by atomic mass is 32.2. The number of para-hydroxylation sites is 1. The first kappa shape index (κ1) is 20.9. The van der Waals surface area contributed by atoms with Gasteiger partial charge in [0.1, 0.15) is 11.5 Å². The average Bonchev–Trinajstić information content (AvgIpc) is 2.97. The lowest BCUT2D eigenvalue weighted by molar-refractivity contribution is -0.118. The Morgan fingerprint density at radius 1 is 1.11 bits per heavy atom. The highest BCUT2D eigenvalue weighted by Crippen LogP contribution is 2.24. The Kier molecular flexibility index (Phi) is 7.39. The number of ether oxygens (including phenoxy) is 2. The first-order valence-electron chi connectivity index (χ1n) is 7.96. The second kappa shape index (κ2) is 9.53. The van der Waals surface area contributed by atoms with Crippen LogP contribution in [0.5, 0.6) is 11.5 Å². The summed E-state index contributed by atoms with van der Waals surface area (Å²) in [7, 11) is 1.52. The second-order valence-electron chi connectivity index (χ2n) is 5.64. The van der Waals surface area contributed by atoms with Gasteiger partial charge in [0.15, 0.2) is 6.61 Å². The number of carbonyl (C=O) groups excluding carboxylic acids is 3. The van der Waals surface area contributed by atoms with Crippen LogP contribution in [0.4, 0.5) is 4.79 Å². The minimum Gasteiger partial charge on any atom is -0.496 e. The Morgan fingerprint density at radius 3 is 2.44 bits per heavy atom. The third-order valence-electron chi connectivity index (χ3n) is 3.89. The summed E-state index contributed by atoms with van der Waals surface area (Å²) in [5, 5.41) is 1.56. The summed E-state index contributed by atoms with van der Waals surface area (Å²) in [5.74, 6) is 0.627. The summed E-state index contributed by atoms with van der Waals surface area (Å²) in [4.78, 5) is 35.1. The Morgan fingerprint density at radius 2 is 1.81 bits per heavy atom. The molecule has 0 aromatic heterocycles. The second-order valence-corrected chi connectivity index (χ2v) is 6.82. The lowest BCUT2D eigenvalue weighted by atomic mass is 10.1. The molecule has 0 saturated carbocycles. The van der Waals surface area contributed by atoms with Crippen LogP contribution in [0.3, 0.4) is 0 Å². The van der Waals surface area contributed by atoms with Crippen LogP contribution >= 0.6 is 21.7 Å². The normalized spacial score (nSPS) is 15.7. The van der Waals surface area contributed by atoms with Crippen molar-refractivity contribution in [1.29, 1.82) is 0 Å². The molecule has 3 rings (SSSR count). The first-order valence-corrected chi connectivity index (χ1v) is 8.84. The molecule has 1 fully saturated rings. The van der Waals surface area contributed by atoms with E-state index in [1.54, 1.807) is 36.4 Å². The summed E-state index contributed by atoms with van der Waals surface area (Å²) in [6.07, 6.45) is 0.461. The minimum absolute atomic E-state index is 0. The van der Waals surface area contributed by atoms with E-state index in [4.69, 9.17) is 9.47 Å². The Labute approximate surface area is 164 Å². The molecule has 1 saturated heterocycles. The van der Waals surface area contributed by atoms with Gasteiger partial charge in [-0.15, -0.1) is 0 Å². The lowest BCUT2D eigenvalue weighted by Crippen LogP contribution is -2.25. The summed E-state index contributed by atoms with van der Waals surface area (Å²) < 4.78 is 10.7. The van der Waals surface area contributed by atoms with Crippen molar-refractivity contribution in [3.05, 3.63) is 59.7 Å². The zero-order valence-corrected chi connectivity index (χ0v) is 17.0. The van der Waals surface area contributed by atoms with Gasteiger partial charge >= 0.3 is 0 Å². The van der Waals surface area contributed by atoms with Crippen LogP contribution in [0.25, 0.3) is 0 Å². The van der Waals surface area contributed by atoms with Crippen LogP contribution in [0, 0.1) is 0 Å². The number of thioether (sulfide) groups is 1. The van der Waals surface area contributed by atoms with Crippen LogP contribution in [-0.4, -0.2) is 35.9 Å². The number of benzene rings is 2. The van der Waals surface area contributed by atoms with E-state index in [-0.39, 0.29) is 33.4 Å². The number of ketones is 1. The van der Waals surface area contributed by atoms with Crippen molar-refractivity contribution in [1.82, 2.24) is 5.32 Å². The fraction of sp³-hybridized carbons (Fsp3) is 0.211. The van der Waals surface area contributed by atoms with E-state index in [0.29, 0.717) is 23.5 Å². The van der Waals surface area contributed by atoms with Crippen LogP contribution in [-0.2, 0) is 11.2 Å². The molecule has 0 aliphatic carbocycles. The van der Waals surface area contributed by atoms with Crippen molar-refractivity contribution in [2.24, 2.45) is 0 Å². The number of methoxy groups -OCH3 is 1. The van der Waals surface area contributed by atoms with Gasteiger partial charge in [0.05, 0.1) is 17.9 Å². The van der Waals surface area contributed by atoms with Crippen molar-refractivity contribution in [3.63, 3.8) is 0 Å². The van der Waals surface area contributed by atoms with E-state index in [0.717, 1.165) is 17.3 Å². The van der Waals surface area contributed by atoms with Gasteiger partial charge in [-0.1, -0.05) is 36.0 Å². The number of amides is 2. The van der Waals surface area contributed by atoms with Gasteiger partial charge in [-0.05, 0) is 36.2 Å². The molecule has 6 nitrogen and oxygen atoms in total. The molecule has 142 valence electrons. The largest absolute Gasteiger partial charge is 0.496 e. The number of nitrogens with one attached hydrogen (secondary N) is 1. The molecule has 1 aliphatic rings. The Balaban J connectivity index is 0.00000261. The number of hydrogen-bond acceptors (Lipinski definition) is 6.